The molecule has 0 aliphatic rings. The summed E-state index contributed by atoms with van der Waals surface area (Å²) in [5.74, 6) is 0. The predicted octanol–water partition coefficient (Wildman–Crippen LogP) is 1.72. The Bertz CT molecular complexity index is 955. The van der Waals surface area contributed by atoms with Gasteiger partial charge in [0, 0.05) is 0 Å². The van der Waals surface area contributed by atoms with Gasteiger partial charge in [-0.05, 0) is 20.7 Å². The van der Waals surface area contributed by atoms with Crippen LogP contribution in [0.25, 0.3) is 0 Å². The SMILES string of the molecule is [Si]O[Si]O[Si](O[Si](c1ccccc1)(c1ccccc1)c1ccccc1)c1ccccc1. The lowest BCUT2D eigenvalue weighted by Crippen LogP contribution is -2.72. The second-order valence-corrected chi connectivity index (χ2v) is 13.7. The van der Waals surface area contributed by atoms with Crippen LogP contribution < -0.4 is 20.7 Å². The Morgan fingerprint density at radius 2 is 0.968 bits per heavy atom. The predicted molar refractivity (Wildman–Crippen MR) is 131 cm³/mol. The maximum absolute atomic E-state index is 7.21. The Morgan fingerprint density at radius 3 is 1.35 bits per heavy atom. The van der Waals surface area contributed by atoms with Crippen molar-refractivity contribution in [1.82, 2.24) is 0 Å². The van der Waals surface area contributed by atoms with E-state index in [1.165, 1.54) is 15.6 Å². The first-order valence-corrected chi connectivity index (χ1v) is 14.3. The van der Waals surface area contributed by atoms with Crippen molar-refractivity contribution in [2.24, 2.45) is 0 Å². The van der Waals surface area contributed by atoms with Gasteiger partial charge in [-0.25, -0.2) is 0 Å². The van der Waals surface area contributed by atoms with Crippen LogP contribution in [0.15, 0.2) is 121 Å². The van der Waals surface area contributed by atoms with Gasteiger partial charge >= 0.3 is 19.3 Å². The molecule has 6 radical (unpaired) electrons. The number of rotatable bonds is 9. The van der Waals surface area contributed by atoms with Crippen LogP contribution in [0.5, 0.6) is 0 Å². The third-order valence-corrected chi connectivity index (χ3v) is 12.6. The van der Waals surface area contributed by atoms with E-state index in [1.54, 1.807) is 0 Å². The number of hydrogen-bond acceptors (Lipinski definition) is 3. The minimum absolute atomic E-state index is 0.164. The van der Waals surface area contributed by atoms with E-state index in [1.807, 2.05) is 36.4 Å². The lowest BCUT2D eigenvalue weighted by atomic mass is 10.3. The molecule has 0 N–H and O–H groups in total. The number of benzene rings is 4. The molecule has 31 heavy (non-hydrogen) atoms. The van der Waals surface area contributed by atoms with Crippen LogP contribution in [-0.4, -0.2) is 38.1 Å². The summed E-state index contributed by atoms with van der Waals surface area (Å²) < 4.78 is 18.5. The van der Waals surface area contributed by atoms with Crippen LogP contribution in [-0.2, 0) is 12.3 Å². The van der Waals surface area contributed by atoms with Crippen molar-refractivity contribution in [2.45, 2.75) is 0 Å². The molecule has 3 nitrogen and oxygen atoms in total. The van der Waals surface area contributed by atoms with E-state index in [4.69, 9.17) is 12.3 Å². The van der Waals surface area contributed by atoms with Crippen LogP contribution in [0.2, 0.25) is 0 Å². The maximum atomic E-state index is 7.21. The molecule has 4 rings (SSSR count). The molecule has 7 heteroatoms. The van der Waals surface area contributed by atoms with Crippen LogP contribution in [0.1, 0.15) is 0 Å². The first kappa shape index (κ1) is 21.8. The molecule has 0 aliphatic heterocycles. The van der Waals surface area contributed by atoms with Crippen molar-refractivity contribution in [3.05, 3.63) is 121 Å². The van der Waals surface area contributed by atoms with Gasteiger partial charge in [0.15, 0.2) is 0 Å². The maximum Gasteiger partial charge on any atom is 0.411 e. The van der Waals surface area contributed by atoms with Crippen LogP contribution in [0, 0.1) is 0 Å². The fraction of sp³-hybridized carbons (Fsp3) is 0. The van der Waals surface area contributed by atoms with Crippen molar-refractivity contribution in [3.63, 3.8) is 0 Å². The van der Waals surface area contributed by atoms with E-state index in [0.29, 0.717) is 0 Å². The molecule has 0 saturated heterocycles. The molecule has 0 fully saturated rings. The second-order valence-electron chi connectivity index (χ2n) is 6.82. The summed E-state index contributed by atoms with van der Waals surface area (Å²) in [6.07, 6.45) is 0. The summed E-state index contributed by atoms with van der Waals surface area (Å²) >= 11 is 0. The van der Waals surface area contributed by atoms with E-state index in [2.05, 4.69) is 95.4 Å². The monoisotopic (exact) mass is 468 g/mol. The van der Waals surface area contributed by atoms with Gasteiger partial charge in [-0.1, -0.05) is 121 Å². The van der Waals surface area contributed by atoms with Crippen molar-refractivity contribution >= 4 is 58.8 Å². The van der Waals surface area contributed by atoms with Crippen molar-refractivity contribution in [2.75, 3.05) is 0 Å². The van der Waals surface area contributed by atoms with Crippen molar-refractivity contribution < 1.29 is 12.3 Å². The third-order valence-electron chi connectivity index (χ3n) is 4.97. The van der Waals surface area contributed by atoms with Gasteiger partial charge in [-0.2, -0.15) is 0 Å². The van der Waals surface area contributed by atoms with Gasteiger partial charge in [0.2, 0.25) is 10.5 Å². The zero-order valence-electron chi connectivity index (χ0n) is 16.8. The van der Waals surface area contributed by atoms with Crippen LogP contribution in [0.3, 0.4) is 0 Å². The van der Waals surface area contributed by atoms with Gasteiger partial charge in [-0.15, -0.1) is 0 Å². The fourth-order valence-electron chi connectivity index (χ4n) is 3.61. The van der Waals surface area contributed by atoms with Crippen LogP contribution in [0.4, 0.5) is 0 Å². The van der Waals surface area contributed by atoms with Gasteiger partial charge in [0.05, 0.1) is 0 Å². The van der Waals surface area contributed by atoms with Crippen molar-refractivity contribution in [1.29, 1.82) is 0 Å². The summed E-state index contributed by atoms with van der Waals surface area (Å²) in [7, 11) is -1.82. The van der Waals surface area contributed by atoms with Gasteiger partial charge in [0.1, 0.15) is 0 Å². The van der Waals surface area contributed by atoms with Crippen molar-refractivity contribution in [3.8, 4) is 0 Å². The van der Waals surface area contributed by atoms with Gasteiger partial charge < -0.3 is 12.3 Å². The molecule has 150 valence electrons. The molecule has 0 unspecified atom stereocenters. The molecule has 0 heterocycles. The van der Waals surface area contributed by atoms with Crippen LogP contribution >= 0.6 is 0 Å². The molecule has 0 spiro atoms. The Balaban J connectivity index is 1.93. The molecule has 0 aliphatic carbocycles. The van der Waals surface area contributed by atoms with Gasteiger partial charge in [-0.3, -0.25) is 0 Å². The summed E-state index contributed by atoms with van der Waals surface area (Å²) in [5.41, 5.74) is 0. The zero-order chi connectivity index (χ0) is 21.4. The van der Waals surface area contributed by atoms with E-state index in [-0.39, 0.29) is 10.0 Å². The largest absolute Gasteiger partial charge is 0.435 e. The summed E-state index contributed by atoms with van der Waals surface area (Å²) in [6.45, 7) is 0. The van der Waals surface area contributed by atoms with E-state index >= 15 is 0 Å². The standard InChI is InChI=1S/C24H20O3Si4/c28-25-29-26-30(21-13-5-1-6-14-21)27-31(22-15-7-2-8-16-22,23-17-9-3-10-18-23)24-19-11-4-12-20-24/h1-20H. The Hall–Kier alpha value is -2.37. The second kappa shape index (κ2) is 10.8. The van der Waals surface area contributed by atoms with E-state index in [0.717, 1.165) is 5.19 Å². The van der Waals surface area contributed by atoms with E-state index in [9.17, 15) is 0 Å². The molecule has 0 saturated carbocycles. The lowest BCUT2D eigenvalue weighted by molar-refractivity contribution is 0.417. The topological polar surface area (TPSA) is 27.7 Å². The highest BCUT2D eigenvalue weighted by Gasteiger charge is 2.45. The average Bonchev–Trinajstić information content (AvgIpc) is 2.86. The zero-order valence-corrected chi connectivity index (χ0v) is 20.8. The Morgan fingerprint density at radius 1 is 0.581 bits per heavy atom. The molecule has 0 bridgehead atoms. The molecule has 0 aromatic heterocycles. The smallest absolute Gasteiger partial charge is 0.411 e. The highest BCUT2D eigenvalue weighted by molar-refractivity contribution is 7.09. The van der Waals surface area contributed by atoms with E-state index < -0.39 is 17.6 Å². The lowest BCUT2D eigenvalue weighted by Gasteiger charge is -2.35. The molecule has 4 aromatic rings. The highest BCUT2D eigenvalue weighted by atomic mass is 28.4. The first-order valence-electron chi connectivity index (χ1n) is 9.87. The molecule has 4 aromatic carbocycles. The summed E-state index contributed by atoms with van der Waals surface area (Å²) in [5, 5.41) is 4.58. The quantitative estimate of drug-likeness (QED) is 0.277. The molecular weight excluding hydrogens is 449 g/mol. The third kappa shape index (κ3) is 4.94. The Kier molecular flexibility index (Phi) is 7.60. The highest BCUT2D eigenvalue weighted by Crippen LogP contribution is 2.12. The average molecular weight is 469 g/mol. The Labute approximate surface area is 192 Å². The van der Waals surface area contributed by atoms with Gasteiger partial charge in [0.25, 0.3) is 8.32 Å². The molecule has 0 amide bonds. The molecule has 0 atom stereocenters. The minimum atomic E-state index is -2.87. The normalized spacial score (nSPS) is 11.5. The first-order chi connectivity index (χ1) is 15.3. The summed E-state index contributed by atoms with van der Waals surface area (Å²) in [6, 6.07) is 41.7. The summed E-state index contributed by atoms with van der Waals surface area (Å²) in [4.78, 5) is 0. The minimum Gasteiger partial charge on any atom is -0.435 e. The molecular formula is C24H20O3Si4. The fourth-order valence-corrected chi connectivity index (χ4v) is 11.9. The number of hydrogen-bond donors (Lipinski definition) is 0.